The third-order valence-electron chi connectivity index (χ3n) is 4.61. The van der Waals surface area contributed by atoms with E-state index in [2.05, 4.69) is 20.6 Å². The van der Waals surface area contributed by atoms with Gasteiger partial charge in [-0.25, -0.2) is 9.97 Å². The topological polar surface area (TPSA) is 93.8 Å². The van der Waals surface area contributed by atoms with E-state index in [1.165, 1.54) is 6.42 Å². The predicted octanol–water partition coefficient (Wildman–Crippen LogP) is 0.715. The molecule has 1 saturated carbocycles. The lowest BCUT2D eigenvalue weighted by atomic mass is 9.81. The maximum Gasteiger partial charge on any atom is 0.240 e. The van der Waals surface area contributed by atoms with Crippen LogP contribution in [0.3, 0.4) is 0 Å². The minimum Gasteiger partial charge on any atom is -0.352 e. The first-order chi connectivity index (χ1) is 12.2. The van der Waals surface area contributed by atoms with Gasteiger partial charge in [0.2, 0.25) is 11.8 Å². The summed E-state index contributed by atoms with van der Waals surface area (Å²) in [5.41, 5.74) is -0.361. The number of amides is 2. The number of nitrogens with zero attached hydrogens (tertiary/aromatic N) is 4. The van der Waals surface area contributed by atoms with Gasteiger partial charge in [0.05, 0.1) is 18.2 Å². The number of rotatable bonds is 7. The number of carbonyl (C=O) groups is 2. The molecule has 1 aliphatic rings. The maximum absolute atomic E-state index is 12.4. The van der Waals surface area contributed by atoms with Gasteiger partial charge in [0.15, 0.2) is 0 Å². The lowest BCUT2D eigenvalue weighted by molar-refractivity contribution is -0.126. The van der Waals surface area contributed by atoms with Gasteiger partial charge in [0, 0.05) is 31.3 Å². The van der Waals surface area contributed by atoms with Gasteiger partial charge in [0.25, 0.3) is 0 Å². The fourth-order valence-electron chi connectivity index (χ4n) is 3.33. The zero-order valence-corrected chi connectivity index (χ0v) is 14.2. The zero-order chi connectivity index (χ0) is 17.5. The normalized spacial score (nSPS) is 16.3. The summed E-state index contributed by atoms with van der Waals surface area (Å²) in [7, 11) is 0. The van der Waals surface area contributed by atoms with Crippen LogP contribution in [0.1, 0.15) is 32.1 Å². The quantitative estimate of drug-likeness (QED) is 0.774. The SMILES string of the molecule is O=C(Cn1ccnc1)NCC1(NC(=O)Cn2ccnc2)CCCCC1. The summed E-state index contributed by atoms with van der Waals surface area (Å²) in [6, 6.07) is 0. The summed E-state index contributed by atoms with van der Waals surface area (Å²) in [5, 5.41) is 6.14. The third-order valence-corrected chi connectivity index (χ3v) is 4.61. The number of nitrogens with one attached hydrogen (secondary N) is 2. The Morgan fingerprint density at radius 3 is 2.08 bits per heavy atom. The van der Waals surface area contributed by atoms with Crippen LogP contribution >= 0.6 is 0 Å². The van der Waals surface area contributed by atoms with Crippen LogP contribution in [-0.2, 0) is 22.7 Å². The van der Waals surface area contributed by atoms with Crippen LogP contribution in [0.5, 0.6) is 0 Å². The molecule has 0 unspecified atom stereocenters. The van der Waals surface area contributed by atoms with Gasteiger partial charge in [-0.1, -0.05) is 19.3 Å². The second kappa shape index (κ2) is 7.96. The lowest BCUT2D eigenvalue weighted by Gasteiger charge is -2.38. The second-order valence-electron chi connectivity index (χ2n) is 6.64. The first kappa shape index (κ1) is 17.2. The Morgan fingerprint density at radius 2 is 1.52 bits per heavy atom. The van der Waals surface area contributed by atoms with Crippen molar-refractivity contribution in [1.82, 2.24) is 29.7 Å². The Hall–Kier alpha value is -2.64. The highest BCUT2D eigenvalue weighted by molar-refractivity contribution is 5.78. The van der Waals surface area contributed by atoms with Crippen LogP contribution < -0.4 is 10.6 Å². The summed E-state index contributed by atoms with van der Waals surface area (Å²) in [4.78, 5) is 32.4. The highest BCUT2D eigenvalue weighted by atomic mass is 16.2. The van der Waals surface area contributed by atoms with Crippen molar-refractivity contribution in [2.75, 3.05) is 6.54 Å². The summed E-state index contributed by atoms with van der Waals surface area (Å²) >= 11 is 0. The third kappa shape index (κ3) is 4.91. The van der Waals surface area contributed by atoms with E-state index in [4.69, 9.17) is 0 Å². The molecule has 1 aliphatic carbocycles. The lowest BCUT2D eigenvalue weighted by Crippen LogP contribution is -2.57. The smallest absolute Gasteiger partial charge is 0.240 e. The van der Waals surface area contributed by atoms with E-state index < -0.39 is 0 Å². The molecule has 0 spiro atoms. The number of hydrogen-bond donors (Lipinski definition) is 2. The highest BCUT2D eigenvalue weighted by Gasteiger charge is 2.33. The molecule has 25 heavy (non-hydrogen) atoms. The van der Waals surface area contributed by atoms with E-state index >= 15 is 0 Å². The molecule has 0 radical (unpaired) electrons. The van der Waals surface area contributed by atoms with E-state index in [-0.39, 0.29) is 30.4 Å². The van der Waals surface area contributed by atoms with Gasteiger partial charge in [0.1, 0.15) is 13.1 Å². The first-order valence-electron chi connectivity index (χ1n) is 8.64. The maximum atomic E-state index is 12.4. The summed E-state index contributed by atoms with van der Waals surface area (Å²) in [6.45, 7) is 0.931. The number of carbonyl (C=O) groups excluding carboxylic acids is 2. The van der Waals surface area contributed by atoms with Crippen molar-refractivity contribution in [2.24, 2.45) is 0 Å². The van der Waals surface area contributed by atoms with Crippen molar-refractivity contribution >= 4 is 11.8 Å². The second-order valence-corrected chi connectivity index (χ2v) is 6.64. The predicted molar refractivity (Wildman–Crippen MR) is 91.4 cm³/mol. The van der Waals surface area contributed by atoms with E-state index in [0.29, 0.717) is 6.54 Å². The van der Waals surface area contributed by atoms with Gasteiger partial charge < -0.3 is 19.8 Å². The van der Waals surface area contributed by atoms with Crippen LogP contribution in [0.2, 0.25) is 0 Å². The number of aromatic nitrogens is 4. The summed E-state index contributed by atoms with van der Waals surface area (Å²) in [6.07, 6.45) is 15.1. The number of imidazole rings is 2. The van der Waals surface area contributed by atoms with Crippen molar-refractivity contribution in [3.63, 3.8) is 0 Å². The van der Waals surface area contributed by atoms with Gasteiger partial charge >= 0.3 is 0 Å². The molecule has 8 nitrogen and oxygen atoms in total. The Labute approximate surface area is 146 Å². The average Bonchev–Trinajstić information content (AvgIpc) is 3.28. The molecule has 2 aromatic heterocycles. The molecule has 0 saturated heterocycles. The molecule has 2 heterocycles. The molecular weight excluding hydrogens is 320 g/mol. The molecule has 2 N–H and O–H groups in total. The Balaban J connectivity index is 1.56. The van der Waals surface area contributed by atoms with E-state index in [1.54, 1.807) is 46.6 Å². The van der Waals surface area contributed by atoms with Crippen molar-refractivity contribution in [1.29, 1.82) is 0 Å². The molecule has 134 valence electrons. The average molecular weight is 344 g/mol. The highest BCUT2D eigenvalue weighted by Crippen LogP contribution is 2.27. The van der Waals surface area contributed by atoms with Crippen molar-refractivity contribution in [2.45, 2.75) is 50.7 Å². The standard InChI is InChI=1S/C17H24N6O2/c24-15(10-22-8-6-18-13-22)20-12-17(4-2-1-3-5-17)21-16(25)11-23-9-7-19-14-23/h6-9,13-14H,1-5,10-12H2,(H,20,24)(H,21,25). The van der Waals surface area contributed by atoms with E-state index in [1.807, 2.05) is 0 Å². The van der Waals surface area contributed by atoms with Crippen LogP contribution in [0.25, 0.3) is 0 Å². The first-order valence-corrected chi connectivity index (χ1v) is 8.64. The molecular formula is C17H24N6O2. The van der Waals surface area contributed by atoms with Crippen LogP contribution in [0.4, 0.5) is 0 Å². The largest absolute Gasteiger partial charge is 0.352 e. The van der Waals surface area contributed by atoms with Crippen molar-refractivity contribution in [3.05, 3.63) is 37.4 Å². The van der Waals surface area contributed by atoms with E-state index in [0.717, 1.165) is 25.7 Å². The van der Waals surface area contributed by atoms with Gasteiger partial charge in [-0.05, 0) is 12.8 Å². The Morgan fingerprint density at radius 1 is 0.920 bits per heavy atom. The van der Waals surface area contributed by atoms with Crippen molar-refractivity contribution in [3.8, 4) is 0 Å². The molecule has 0 bridgehead atoms. The summed E-state index contributed by atoms with van der Waals surface area (Å²) < 4.78 is 3.46. The Bertz CT molecular complexity index is 674. The van der Waals surface area contributed by atoms with Crippen molar-refractivity contribution < 1.29 is 9.59 Å². The molecule has 2 amide bonds. The minimum atomic E-state index is -0.361. The van der Waals surface area contributed by atoms with Crippen LogP contribution in [0.15, 0.2) is 37.4 Å². The molecule has 0 aliphatic heterocycles. The molecule has 1 fully saturated rings. The molecule has 2 aromatic rings. The molecule has 0 aromatic carbocycles. The minimum absolute atomic E-state index is 0.0521. The van der Waals surface area contributed by atoms with Crippen LogP contribution in [-0.4, -0.2) is 43.0 Å². The molecule has 0 atom stereocenters. The van der Waals surface area contributed by atoms with Gasteiger partial charge in [-0.3, -0.25) is 9.59 Å². The van der Waals surface area contributed by atoms with Crippen LogP contribution in [0, 0.1) is 0 Å². The fourth-order valence-corrected chi connectivity index (χ4v) is 3.33. The van der Waals surface area contributed by atoms with Gasteiger partial charge in [-0.15, -0.1) is 0 Å². The summed E-state index contributed by atoms with van der Waals surface area (Å²) in [5.74, 6) is -0.129. The molecule has 3 rings (SSSR count). The monoisotopic (exact) mass is 344 g/mol. The zero-order valence-electron chi connectivity index (χ0n) is 14.2. The Kier molecular flexibility index (Phi) is 5.47. The van der Waals surface area contributed by atoms with Gasteiger partial charge in [-0.2, -0.15) is 0 Å². The fraction of sp³-hybridized carbons (Fsp3) is 0.529. The number of hydrogen-bond acceptors (Lipinski definition) is 4. The molecule has 8 heteroatoms. The van der Waals surface area contributed by atoms with E-state index in [9.17, 15) is 9.59 Å².